The van der Waals surface area contributed by atoms with Crippen molar-refractivity contribution in [2.45, 2.75) is 64.0 Å². The second-order valence-corrected chi connectivity index (χ2v) is 8.21. The van der Waals surface area contributed by atoms with E-state index in [1.165, 1.54) is 0 Å². The molecule has 0 unspecified atom stereocenters. The van der Waals surface area contributed by atoms with Crippen molar-refractivity contribution >= 4 is 17.6 Å². The van der Waals surface area contributed by atoms with Crippen LogP contribution in [0.15, 0.2) is 24.3 Å². The Balaban J connectivity index is 1.93. The molecule has 156 valence electrons. The molecule has 0 saturated heterocycles. The SMILES string of the molecule is Cc1cc(OC[C@@H]2[C@@H](C/C=C\CCCC(=O)O)[C@H](Cl)C[C@H]2O)cc(C)c1CO. The van der Waals surface area contributed by atoms with Crippen LogP contribution >= 0.6 is 11.6 Å². The maximum Gasteiger partial charge on any atom is 0.303 e. The van der Waals surface area contributed by atoms with Gasteiger partial charge in [0.25, 0.3) is 0 Å². The van der Waals surface area contributed by atoms with Crippen molar-refractivity contribution in [2.75, 3.05) is 6.61 Å². The number of hydrogen-bond acceptors (Lipinski definition) is 4. The molecule has 3 N–H and O–H groups in total. The Morgan fingerprint density at radius 1 is 1.25 bits per heavy atom. The molecule has 1 aliphatic carbocycles. The molecule has 1 aliphatic rings. The zero-order valence-corrected chi connectivity index (χ0v) is 17.4. The third-order valence-electron chi connectivity index (χ3n) is 5.58. The molecule has 2 rings (SSSR count). The number of carboxylic acids is 1. The van der Waals surface area contributed by atoms with E-state index in [0.29, 0.717) is 19.4 Å². The van der Waals surface area contributed by atoms with E-state index in [9.17, 15) is 15.0 Å². The number of rotatable bonds is 10. The predicted octanol–water partition coefficient (Wildman–Crippen LogP) is 3.98. The summed E-state index contributed by atoms with van der Waals surface area (Å²) >= 11 is 6.47. The zero-order chi connectivity index (χ0) is 20.7. The lowest BCUT2D eigenvalue weighted by Crippen LogP contribution is -2.27. The lowest BCUT2D eigenvalue weighted by atomic mass is 9.92. The van der Waals surface area contributed by atoms with Crippen LogP contribution in [0.25, 0.3) is 0 Å². The summed E-state index contributed by atoms with van der Waals surface area (Å²) in [6.07, 6.45) is 6.36. The molecule has 0 radical (unpaired) electrons. The van der Waals surface area contributed by atoms with Crippen molar-refractivity contribution in [2.24, 2.45) is 11.8 Å². The molecule has 1 fully saturated rings. The smallest absolute Gasteiger partial charge is 0.303 e. The molecule has 0 amide bonds. The van der Waals surface area contributed by atoms with E-state index in [2.05, 4.69) is 0 Å². The van der Waals surface area contributed by atoms with Crippen LogP contribution in [0.3, 0.4) is 0 Å². The van der Waals surface area contributed by atoms with Crippen molar-refractivity contribution in [3.8, 4) is 5.75 Å². The van der Waals surface area contributed by atoms with Crippen molar-refractivity contribution in [1.82, 2.24) is 0 Å². The fourth-order valence-corrected chi connectivity index (χ4v) is 4.38. The average molecular weight is 411 g/mol. The second-order valence-electron chi connectivity index (χ2n) is 7.64. The Labute approximate surface area is 172 Å². The summed E-state index contributed by atoms with van der Waals surface area (Å²) in [5, 5.41) is 28.4. The average Bonchev–Trinajstić information content (AvgIpc) is 2.88. The molecule has 0 heterocycles. The fourth-order valence-electron chi connectivity index (χ4n) is 3.91. The Kier molecular flexibility index (Phi) is 8.80. The minimum Gasteiger partial charge on any atom is -0.493 e. The van der Waals surface area contributed by atoms with E-state index in [1.807, 2.05) is 38.1 Å². The first kappa shape index (κ1) is 22.7. The van der Waals surface area contributed by atoms with Gasteiger partial charge in [0, 0.05) is 17.7 Å². The molecule has 6 heteroatoms. The normalized spacial score (nSPS) is 24.8. The second kappa shape index (κ2) is 10.8. The highest BCUT2D eigenvalue weighted by Crippen LogP contribution is 2.39. The van der Waals surface area contributed by atoms with E-state index >= 15 is 0 Å². The van der Waals surface area contributed by atoms with Gasteiger partial charge in [0.1, 0.15) is 5.75 Å². The highest BCUT2D eigenvalue weighted by atomic mass is 35.5. The van der Waals surface area contributed by atoms with Gasteiger partial charge in [0.15, 0.2) is 0 Å². The third kappa shape index (κ3) is 6.23. The largest absolute Gasteiger partial charge is 0.493 e. The maximum atomic E-state index is 10.5. The van der Waals surface area contributed by atoms with Crippen LogP contribution in [0.2, 0.25) is 0 Å². The Hall–Kier alpha value is -1.56. The highest BCUT2D eigenvalue weighted by molar-refractivity contribution is 6.21. The van der Waals surface area contributed by atoms with Gasteiger partial charge in [-0.2, -0.15) is 0 Å². The number of aliphatic carboxylic acids is 1. The quantitative estimate of drug-likeness (QED) is 0.308. The minimum absolute atomic E-state index is 0.00802. The Morgan fingerprint density at radius 2 is 1.93 bits per heavy atom. The lowest BCUT2D eigenvalue weighted by molar-refractivity contribution is -0.137. The number of aliphatic hydroxyl groups is 2. The van der Waals surface area contributed by atoms with Crippen LogP contribution in [0.5, 0.6) is 5.75 Å². The van der Waals surface area contributed by atoms with Crippen LogP contribution in [0, 0.1) is 25.7 Å². The highest BCUT2D eigenvalue weighted by Gasteiger charge is 2.41. The molecule has 0 aliphatic heterocycles. The lowest BCUT2D eigenvalue weighted by Gasteiger charge is -2.23. The van der Waals surface area contributed by atoms with Crippen LogP contribution in [-0.4, -0.2) is 39.4 Å². The van der Waals surface area contributed by atoms with Gasteiger partial charge in [-0.1, -0.05) is 12.2 Å². The van der Waals surface area contributed by atoms with Crippen molar-refractivity contribution in [3.05, 3.63) is 41.0 Å². The summed E-state index contributed by atoms with van der Waals surface area (Å²) in [5.41, 5.74) is 2.89. The molecule has 28 heavy (non-hydrogen) atoms. The van der Waals surface area contributed by atoms with Gasteiger partial charge in [-0.25, -0.2) is 0 Å². The van der Waals surface area contributed by atoms with Crippen LogP contribution in [0.1, 0.15) is 48.8 Å². The Bertz CT molecular complexity index is 664. The summed E-state index contributed by atoms with van der Waals surface area (Å²) in [5.74, 6) is 0.0267. The maximum absolute atomic E-state index is 10.5. The van der Waals surface area contributed by atoms with E-state index in [0.717, 1.165) is 35.3 Å². The van der Waals surface area contributed by atoms with Crippen LogP contribution in [-0.2, 0) is 11.4 Å². The topological polar surface area (TPSA) is 87.0 Å². The van der Waals surface area contributed by atoms with Gasteiger partial charge >= 0.3 is 5.97 Å². The number of ether oxygens (including phenoxy) is 1. The van der Waals surface area contributed by atoms with E-state index in [1.54, 1.807) is 0 Å². The van der Waals surface area contributed by atoms with Gasteiger partial charge in [0.05, 0.1) is 19.3 Å². The van der Waals surface area contributed by atoms with Crippen LogP contribution < -0.4 is 4.74 Å². The summed E-state index contributed by atoms with van der Waals surface area (Å²) < 4.78 is 5.98. The van der Waals surface area contributed by atoms with E-state index < -0.39 is 12.1 Å². The zero-order valence-electron chi connectivity index (χ0n) is 16.6. The monoisotopic (exact) mass is 410 g/mol. The molecular formula is C22H31ClO5. The summed E-state index contributed by atoms with van der Waals surface area (Å²) in [6.45, 7) is 4.29. The van der Waals surface area contributed by atoms with Gasteiger partial charge in [-0.05, 0) is 74.3 Å². The molecule has 1 saturated carbocycles. The number of hydrogen-bond donors (Lipinski definition) is 3. The summed E-state index contributed by atoms with van der Waals surface area (Å²) in [7, 11) is 0. The van der Waals surface area contributed by atoms with Gasteiger partial charge in [0.2, 0.25) is 0 Å². The van der Waals surface area contributed by atoms with E-state index in [4.69, 9.17) is 21.4 Å². The first-order valence-corrected chi connectivity index (χ1v) is 10.3. The first-order valence-electron chi connectivity index (χ1n) is 9.86. The fraction of sp³-hybridized carbons (Fsp3) is 0.591. The summed E-state index contributed by atoms with van der Waals surface area (Å²) in [6, 6.07) is 3.82. The summed E-state index contributed by atoms with van der Waals surface area (Å²) in [4.78, 5) is 10.5. The number of carboxylic acid groups (broad SMARTS) is 1. The number of alkyl halides is 1. The first-order chi connectivity index (χ1) is 13.3. The van der Waals surface area contributed by atoms with Gasteiger partial charge < -0.3 is 20.1 Å². The predicted molar refractivity (Wildman–Crippen MR) is 110 cm³/mol. The van der Waals surface area contributed by atoms with Gasteiger partial charge in [-0.15, -0.1) is 11.6 Å². The Morgan fingerprint density at radius 3 is 2.54 bits per heavy atom. The number of benzene rings is 1. The van der Waals surface area contributed by atoms with Gasteiger partial charge in [-0.3, -0.25) is 4.79 Å². The molecule has 0 aromatic heterocycles. The molecule has 0 spiro atoms. The third-order valence-corrected chi connectivity index (χ3v) is 6.08. The van der Waals surface area contributed by atoms with Crippen molar-refractivity contribution in [1.29, 1.82) is 0 Å². The van der Waals surface area contributed by atoms with Crippen LogP contribution in [0.4, 0.5) is 0 Å². The van der Waals surface area contributed by atoms with Crippen molar-refractivity contribution < 1.29 is 24.9 Å². The molecular weight excluding hydrogens is 380 g/mol. The molecule has 0 bridgehead atoms. The number of aliphatic hydroxyl groups excluding tert-OH is 2. The number of aryl methyl sites for hydroxylation is 2. The number of halogens is 1. The number of carbonyl (C=O) groups is 1. The molecule has 5 nitrogen and oxygen atoms in total. The molecule has 1 aromatic rings. The van der Waals surface area contributed by atoms with Crippen molar-refractivity contribution in [3.63, 3.8) is 0 Å². The molecule has 1 aromatic carbocycles. The number of allylic oxidation sites excluding steroid dienone is 2. The van der Waals surface area contributed by atoms with E-state index in [-0.39, 0.29) is 30.2 Å². The number of unbranched alkanes of at least 4 members (excludes halogenated alkanes) is 1. The minimum atomic E-state index is -0.775. The standard InChI is InChI=1S/C22H31ClO5/c1-14-9-16(10-15(2)18(14)12-24)28-13-19-17(20(23)11-21(19)25)7-5-3-4-6-8-22(26)27/h3,5,9-10,17,19-21,24-25H,4,6-8,11-13H2,1-2H3,(H,26,27)/b5-3-/t17-,19-,20-,21-/m1/s1. The molecule has 4 atom stereocenters.